The number of rotatable bonds is 8. The second-order valence-corrected chi connectivity index (χ2v) is 8.25. The van der Waals surface area contributed by atoms with Gasteiger partial charge in [0, 0.05) is 16.7 Å². The quantitative estimate of drug-likeness (QED) is 0.371. The summed E-state index contributed by atoms with van der Waals surface area (Å²) in [4.78, 5) is 0. The molecule has 0 saturated carbocycles. The number of nitrogens with one attached hydrogen (secondary N) is 1. The van der Waals surface area contributed by atoms with Gasteiger partial charge in [0.1, 0.15) is 6.61 Å². The third-order valence-corrected chi connectivity index (χ3v) is 5.34. The standard InChI is InChI=1S/C24H25BrClNO2/c1-4-28-23-13-19(14-27-22-10-5-16(2)11-17(22)3)12-21(26)24(23)29-15-18-6-8-20(25)9-7-18/h5-13,27H,4,14-15H2,1-3H3. The molecule has 3 aromatic rings. The van der Waals surface area contributed by atoms with Gasteiger partial charge in [-0.15, -0.1) is 0 Å². The summed E-state index contributed by atoms with van der Waals surface area (Å²) in [5.41, 5.74) is 5.68. The Labute approximate surface area is 186 Å². The minimum atomic E-state index is 0.424. The zero-order valence-electron chi connectivity index (χ0n) is 16.9. The van der Waals surface area contributed by atoms with Crippen molar-refractivity contribution in [2.75, 3.05) is 11.9 Å². The van der Waals surface area contributed by atoms with Crippen molar-refractivity contribution < 1.29 is 9.47 Å². The summed E-state index contributed by atoms with van der Waals surface area (Å²) >= 11 is 10.0. The Bertz CT molecular complexity index is 973. The molecule has 3 rings (SSSR count). The van der Waals surface area contributed by atoms with Gasteiger partial charge in [-0.3, -0.25) is 0 Å². The molecule has 0 saturated heterocycles. The normalized spacial score (nSPS) is 10.7. The van der Waals surface area contributed by atoms with Crippen molar-refractivity contribution in [2.45, 2.75) is 33.9 Å². The van der Waals surface area contributed by atoms with Gasteiger partial charge in [0.05, 0.1) is 11.6 Å². The fourth-order valence-corrected chi connectivity index (χ4v) is 3.62. The molecule has 0 atom stereocenters. The average Bonchev–Trinajstić information content (AvgIpc) is 2.68. The largest absolute Gasteiger partial charge is 0.490 e. The second-order valence-electron chi connectivity index (χ2n) is 6.92. The Hall–Kier alpha value is -2.17. The number of benzene rings is 3. The van der Waals surface area contributed by atoms with E-state index in [0.29, 0.717) is 36.3 Å². The van der Waals surface area contributed by atoms with Crippen LogP contribution in [-0.4, -0.2) is 6.61 Å². The summed E-state index contributed by atoms with van der Waals surface area (Å²) in [7, 11) is 0. The molecule has 0 spiro atoms. The monoisotopic (exact) mass is 473 g/mol. The Morgan fingerprint density at radius 1 is 0.931 bits per heavy atom. The molecular formula is C24H25BrClNO2. The van der Waals surface area contributed by atoms with Gasteiger partial charge >= 0.3 is 0 Å². The molecule has 0 fully saturated rings. The van der Waals surface area contributed by atoms with Crippen molar-refractivity contribution in [3.8, 4) is 11.5 Å². The summed E-state index contributed by atoms with van der Waals surface area (Å²) in [6.45, 7) is 7.76. The highest BCUT2D eigenvalue weighted by molar-refractivity contribution is 9.10. The minimum Gasteiger partial charge on any atom is -0.490 e. The lowest BCUT2D eigenvalue weighted by molar-refractivity contribution is 0.269. The molecule has 0 heterocycles. The zero-order valence-corrected chi connectivity index (χ0v) is 19.2. The molecule has 0 unspecified atom stereocenters. The summed E-state index contributed by atoms with van der Waals surface area (Å²) in [6, 6.07) is 18.3. The molecule has 0 aliphatic carbocycles. The Morgan fingerprint density at radius 3 is 2.38 bits per heavy atom. The molecule has 0 amide bonds. The van der Waals surface area contributed by atoms with E-state index < -0.39 is 0 Å². The second kappa shape index (κ2) is 10.0. The highest BCUT2D eigenvalue weighted by atomic mass is 79.9. The van der Waals surface area contributed by atoms with E-state index >= 15 is 0 Å². The smallest absolute Gasteiger partial charge is 0.180 e. The highest BCUT2D eigenvalue weighted by Gasteiger charge is 2.13. The fourth-order valence-electron chi connectivity index (χ4n) is 3.07. The first kappa shape index (κ1) is 21.5. The van der Waals surface area contributed by atoms with Crippen molar-refractivity contribution in [2.24, 2.45) is 0 Å². The van der Waals surface area contributed by atoms with Gasteiger partial charge in [0.25, 0.3) is 0 Å². The van der Waals surface area contributed by atoms with Crippen LogP contribution in [0.15, 0.2) is 59.1 Å². The Morgan fingerprint density at radius 2 is 1.69 bits per heavy atom. The van der Waals surface area contributed by atoms with Crippen LogP contribution >= 0.6 is 27.5 Å². The van der Waals surface area contributed by atoms with Gasteiger partial charge in [-0.2, -0.15) is 0 Å². The van der Waals surface area contributed by atoms with Crippen LogP contribution in [0.2, 0.25) is 5.02 Å². The van der Waals surface area contributed by atoms with Crippen LogP contribution < -0.4 is 14.8 Å². The van der Waals surface area contributed by atoms with Crippen LogP contribution in [0.1, 0.15) is 29.2 Å². The predicted octanol–water partition coefficient (Wildman–Crippen LogP) is 7.31. The third-order valence-electron chi connectivity index (χ3n) is 4.53. The molecule has 0 bridgehead atoms. The number of hydrogen-bond acceptors (Lipinski definition) is 3. The average molecular weight is 475 g/mol. The number of hydrogen-bond donors (Lipinski definition) is 1. The van der Waals surface area contributed by atoms with Gasteiger partial charge < -0.3 is 14.8 Å². The lowest BCUT2D eigenvalue weighted by Crippen LogP contribution is -2.04. The summed E-state index contributed by atoms with van der Waals surface area (Å²) in [6.07, 6.45) is 0. The van der Waals surface area contributed by atoms with E-state index in [2.05, 4.69) is 53.3 Å². The van der Waals surface area contributed by atoms with Gasteiger partial charge in [-0.05, 0) is 67.8 Å². The first-order chi connectivity index (χ1) is 14.0. The molecule has 3 nitrogen and oxygen atoms in total. The molecule has 0 aliphatic rings. The molecule has 1 N–H and O–H groups in total. The fraction of sp³-hybridized carbons (Fsp3) is 0.250. The first-order valence-corrected chi connectivity index (χ1v) is 10.8. The maximum absolute atomic E-state index is 6.56. The molecule has 5 heteroatoms. The van der Waals surface area contributed by atoms with Gasteiger partial charge in [0.15, 0.2) is 11.5 Å². The number of anilines is 1. The predicted molar refractivity (Wildman–Crippen MR) is 124 cm³/mol. The molecule has 152 valence electrons. The molecule has 3 aromatic carbocycles. The summed E-state index contributed by atoms with van der Waals surface area (Å²) in [5.74, 6) is 1.24. The SMILES string of the molecule is CCOc1cc(CNc2ccc(C)cc2C)cc(Cl)c1OCc1ccc(Br)cc1. The third kappa shape index (κ3) is 5.91. The highest BCUT2D eigenvalue weighted by Crippen LogP contribution is 2.37. The van der Waals surface area contributed by atoms with Crippen LogP contribution in [0, 0.1) is 13.8 Å². The van der Waals surface area contributed by atoms with Crippen molar-refractivity contribution in [1.82, 2.24) is 0 Å². The van der Waals surface area contributed by atoms with Crippen LogP contribution in [0.5, 0.6) is 11.5 Å². The van der Waals surface area contributed by atoms with Crippen molar-refractivity contribution in [3.05, 3.63) is 86.3 Å². The van der Waals surface area contributed by atoms with Gasteiger partial charge in [-0.25, -0.2) is 0 Å². The molecule has 29 heavy (non-hydrogen) atoms. The maximum atomic E-state index is 6.56. The van der Waals surface area contributed by atoms with Crippen molar-refractivity contribution in [3.63, 3.8) is 0 Å². The van der Waals surface area contributed by atoms with E-state index in [1.807, 2.05) is 43.3 Å². The Kier molecular flexibility index (Phi) is 7.45. The minimum absolute atomic E-state index is 0.424. The topological polar surface area (TPSA) is 30.5 Å². The van der Waals surface area contributed by atoms with E-state index in [4.69, 9.17) is 21.1 Å². The van der Waals surface area contributed by atoms with E-state index in [1.165, 1.54) is 11.1 Å². The van der Waals surface area contributed by atoms with Crippen molar-refractivity contribution >= 4 is 33.2 Å². The molecule has 0 radical (unpaired) electrons. The lowest BCUT2D eigenvalue weighted by Gasteiger charge is -2.16. The number of halogens is 2. The van der Waals surface area contributed by atoms with Crippen molar-refractivity contribution in [1.29, 1.82) is 0 Å². The molecular weight excluding hydrogens is 450 g/mol. The molecule has 0 aromatic heterocycles. The van der Waals surface area contributed by atoms with E-state index in [1.54, 1.807) is 0 Å². The molecule has 0 aliphatic heterocycles. The van der Waals surface area contributed by atoms with E-state index in [-0.39, 0.29) is 0 Å². The summed E-state index contributed by atoms with van der Waals surface area (Å²) < 4.78 is 12.9. The first-order valence-electron chi connectivity index (χ1n) is 9.60. The van der Waals surface area contributed by atoms with Crippen LogP contribution in [0.3, 0.4) is 0 Å². The Balaban J connectivity index is 1.75. The van der Waals surface area contributed by atoms with Gasteiger partial charge in [-0.1, -0.05) is 57.4 Å². The summed E-state index contributed by atoms with van der Waals surface area (Å²) in [5, 5.41) is 4.02. The maximum Gasteiger partial charge on any atom is 0.180 e. The van der Waals surface area contributed by atoms with Crippen LogP contribution in [-0.2, 0) is 13.2 Å². The zero-order chi connectivity index (χ0) is 20.8. The van der Waals surface area contributed by atoms with E-state index in [0.717, 1.165) is 21.3 Å². The lowest BCUT2D eigenvalue weighted by atomic mass is 10.1. The van der Waals surface area contributed by atoms with Crippen LogP contribution in [0.25, 0.3) is 0 Å². The van der Waals surface area contributed by atoms with Crippen LogP contribution in [0.4, 0.5) is 5.69 Å². The van der Waals surface area contributed by atoms with E-state index in [9.17, 15) is 0 Å². The van der Waals surface area contributed by atoms with Gasteiger partial charge in [0.2, 0.25) is 0 Å². The number of aryl methyl sites for hydroxylation is 2. The number of ether oxygens (including phenoxy) is 2.